The zero-order valence-corrected chi connectivity index (χ0v) is 10.4. The number of carbonyl (C=O) groups excluding carboxylic acids is 1. The highest BCUT2D eigenvalue weighted by Crippen LogP contribution is 2.24. The minimum Gasteiger partial charge on any atom is -0.314 e. The summed E-state index contributed by atoms with van der Waals surface area (Å²) in [4.78, 5) is 13.4. The van der Waals surface area contributed by atoms with Gasteiger partial charge < -0.3 is 4.90 Å². The Morgan fingerprint density at radius 1 is 1.18 bits per heavy atom. The van der Waals surface area contributed by atoms with Crippen LogP contribution in [-0.2, 0) is 6.42 Å². The van der Waals surface area contributed by atoms with Gasteiger partial charge in [-0.2, -0.15) is 0 Å². The number of rotatable bonds is 2. The molecule has 0 fully saturated rings. The standard InChI is InChI=1S/C15H17NO/c1-16(2)11-5-7-13-10-9-12-6-3-4-8-14(12)15(13)17/h3-8,11H,9-10H2,1-2H3/p+1. The highest BCUT2D eigenvalue weighted by atomic mass is 16.1. The molecule has 17 heavy (non-hydrogen) atoms. The second-order valence-corrected chi connectivity index (χ2v) is 4.61. The molecule has 0 aromatic heterocycles. The Morgan fingerprint density at radius 2 is 1.94 bits per heavy atom. The molecule has 0 amide bonds. The number of benzene rings is 1. The van der Waals surface area contributed by atoms with E-state index in [1.807, 2.05) is 56.7 Å². The maximum atomic E-state index is 12.2. The fourth-order valence-electron chi connectivity index (χ4n) is 2.03. The van der Waals surface area contributed by atoms with Crippen LogP contribution in [0.15, 0.2) is 48.2 Å². The zero-order chi connectivity index (χ0) is 12.3. The first-order chi connectivity index (χ1) is 8.18. The average Bonchev–Trinajstić information content (AvgIpc) is 2.32. The van der Waals surface area contributed by atoms with E-state index >= 15 is 0 Å². The molecular weight excluding hydrogens is 210 g/mol. The van der Waals surface area contributed by atoms with E-state index in [2.05, 4.69) is 0 Å². The predicted octanol–water partition coefficient (Wildman–Crippen LogP) is 1.40. The maximum Gasteiger partial charge on any atom is 0.189 e. The third-order valence-corrected chi connectivity index (χ3v) is 2.94. The number of quaternary nitrogens is 1. The predicted molar refractivity (Wildman–Crippen MR) is 69.1 cm³/mol. The Labute approximate surface area is 102 Å². The molecule has 1 aliphatic rings. The number of nitrogens with one attached hydrogen (secondary N) is 1. The van der Waals surface area contributed by atoms with Gasteiger partial charge in [0.05, 0.1) is 20.3 Å². The summed E-state index contributed by atoms with van der Waals surface area (Å²) in [6, 6.07) is 7.89. The summed E-state index contributed by atoms with van der Waals surface area (Å²) in [7, 11) is 4.10. The van der Waals surface area contributed by atoms with E-state index in [0.717, 1.165) is 24.0 Å². The van der Waals surface area contributed by atoms with Crippen molar-refractivity contribution >= 4 is 5.78 Å². The topological polar surface area (TPSA) is 21.5 Å². The monoisotopic (exact) mass is 228 g/mol. The largest absolute Gasteiger partial charge is 0.314 e. The highest BCUT2D eigenvalue weighted by Gasteiger charge is 2.20. The van der Waals surface area contributed by atoms with Crippen molar-refractivity contribution in [1.29, 1.82) is 0 Å². The van der Waals surface area contributed by atoms with Gasteiger partial charge in [-0.05, 0) is 30.6 Å². The first-order valence-corrected chi connectivity index (χ1v) is 5.98. The van der Waals surface area contributed by atoms with E-state index in [-0.39, 0.29) is 5.78 Å². The second kappa shape index (κ2) is 5.11. The molecule has 1 aromatic carbocycles. The van der Waals surface area contributed by atoms with Gasteiger partial charge in [0.25, 0.3) is 0 Å². The highest BCUT2D eigenvalue weighted by molar-refractivity contribution is 6.10. The SMILES string of the molecule is C[NH+](C)C=CC=C1CCc2ccccc2C1=O. The van der Waals surface area contributed by atoms with Crippen LogP contribution < -0.4 is 4.90 Å². The quantitative estimate of drug-likeness (QED) is 0.759. The van der Waals surface area contributed by atoms with Crippen molar-refractivity contribution in [2.24, 2.45) is 0 Å². The maximum absolute atomic E-state index is 12.2. The van der Waals surface area contributed by atoms with Crippen molar-refractivity contribution in [3.8, 4) is 0 Å². The molecule has 0 unspecified atom stereocenters. The summed E-state index contributed by atoms with van der Waals surface area (Å²) < 4.78 is 0. The summed E-state index contributed by atoms with van der Waals surface area (Å²) in [5.74, 6) is 0.185. The first-order valence-electron chi connectivity index (χ1n) is 5.98. The molecule has 0 saturated carbocycles. The molecular formula is C15H18NO+. The lowest BCUT2D eigenvalue weighted by molar-refractivity contribution is -0.801. The van der Waals surface area contributed by atoms with Crippen LogP contribution in [0.25, 0.3) is 0 Å². The number of ketones is 1. The lowest BCUT2D eigenvalue weighted by Crippen LogP contribution is -3.00. The van der Waals surface area contributed by atoms with Gasteiger partial charge >= 0.3 is 0 Å². The van der Waals surface area contributed by atoms with Crippen LogP contribution in [0.3, 0.4) is 0 Å². The number of carbonyl (C=O) groups is 1. The summed E-state index contributed by atoms with van der Waals surface area (Å²) in [5, 5.41) is 0. The van der Waals surface area contributed by atoms with Crippen molar-refractivity contribution in [2.45, 2.75) is 12.8 Å². The van der Waals surface area contributed by atoms with Crippen molar-refractivity contribution in [3.63, 3.8) is 0 Å². The minimum atomic E-state index is 0.185. The number of fused-ring (bicyclic) bond motifs is 1. The van der Waals surface area contributed by atoms with E-state index in [4.69, 9.17) is 0 Å². The van der Waals surface area contributed by atoms with Gasteiger partial charge in [0.15, 0.2) is 5.78 Å². The van der Waals surface area contributed by atoms with Gasteiger partial charge in [0, 0.05) is 11.1 Å². The Hall–Kier alpha value is -1.67. The Morgan fingerprint density at radius 3 is 2.71 bits per heavy atom. The average molecular weight is 228 g/mol. The number of aryl methyl sites for hydroxylation is 1. The van der Waals surface area contributed by atoms with E-state index in [9.17, 15) is 4.79 Å². The zero-order valence-electron chi connectivity index (χ0n) is 10.4. The van der Waals surface area contributed by atoms with Gasteiger partial charge in [0.1, 0.15) is 0 Å². The smallest absolute Gasteiger partial charge is 0.189 e. The van der Waals surface area contributed by atoms with E-state index in [1.165, 1.54) is 10.5 Å². The molecule has 2 heteroatoms. The molecule has 0 bridgehead atoms. The number of allylic oxidation sites excluding steroid dienone is 3. The van der Waals surface area contributed by atoms with Gasteiger partial charge in [0.2, 0.25) is 0 Å². The fraction of sp³-hybridized carbons (Fsp3) is 0.267. The Bertz CT molecular complexity index is 483. The lowest BCUT2D eigenvalue weighted by Gasteiger charge is -2.16. The summed E-state index contributed by atoms with van der Waals surface area (Å²) in [6.45, 7) is 0. The minimum absolute atomic E-state index is 0.185. The number of hydrogen-bond donors (Lipinski definition) is 1. The Kier molecular flexibility index (Phi) is 3.55. The molecule has 2 nitrogen and oxygen atoms in total. The van der Waals surface area contributed by atoms with Crippen molar-refractivity contribution in [2.75, 3.05) is 14.1 Å². The van der Waals surface area contributed by atoms with E-state index in [0.29, 0.717) is 0 Å². The van der Waals surface area contributed by atoms with Crippen molar-refractivity contribution in [1.82, 2.24) is 0 Å². The summed E-state index contributed by atoms with van der Waals surface area (Å²) in [5.41, 5.74) is 2.97. The van der Waals surface area contributed by atoms with Crippen LogP contribution in [0.4, 0.5) is 0 Å². The summed E-state index contributed by atoms with van der Waals surface area (Å²) >= 11 is 0. The molecule has 0 atom stereocenters. The molecule has 0 saturated heterocycles. The molecule has 88 valence electrons. The van der Waals surface area contributed by atoms with Crippen molar-refractivity contribution in [3.05, 3.63) is 59.3 Å². The van der Waals surface area contributed by atoms with E-state index < -0.39 is 0 Å². The van der Waals surface area contributed by atoms with Gasteiger partial charge in [-0.3, -0.25) is 4.79 Å². The Balaban J connectivity index is 2.23. The molecule has 0 heterocycles. The third-order valence-electron chi connectivity index (χ3n) is 2.94. The van der Waals surface area contributed by atoms with Crippen molar-refractivity contribution < 1.29 is 9.69 Å². The molecule has 2 rings (SSSR count). The molecule has 1 aromatic rings. The van der Waals surface area contributed by atoms with Gasteiger partial charge in [-0.25, -0.2) is 0 Å². The van der Waals surface area contributed by atoms with Crippen LogP contribution in [0, 0.1) is 0 Å². The molecule has 0 aliphatic heterocycles. The number of hydrogen-bond acceptors (Lipinski definition) is 1. The third kappa shape index (κ3) is 2.71. The fourth-order valence-corrected chi connectivity index (χ4v) is 2.03. The second-order valence-electron chi connectivity index (χ2n) is 4.61. The lowest BCUT2D eigenvalue weighted by atomic mass is 9.87. The van der Waals surface area contributed by atoms with Crippen LogP contribution >= 0.6 is 0 Å². The molecule has 0 spiro atoms. The van der Waals surface area contributed by atoms with E-state index in [1.54, 1.807) is 0 Å². The molecule has 0 radical (unpaired) electrons. The normalized spacial score (nSPS) is 18.1. The summed E-state index contributed by atoms with van der Waals surface area (Å²) in [6.07, 6.45) is 7.77. The van der Waals surface area contributed by atoms with Gasteiger partial charge in [-0.15, -0.1) is 0 Å². The van der Waals surface area contributed by atoms with Gasteiger partial charge in [-0.1, -0.05) is 24.3 Å². The van der Waals surface area contributed by atoms with Crippen LogP contribution in [0.2, 0.25) is 0 Å². The first kappa shape index (κ1) is 11.8. The van der Waals surface area contributed by atoms with Crippen LogP contribution in [0.1, 0.15) is 22.3 Å². The van der Waals surface area contributed by atoms with Crippen LogP contribution in [0.5, 0.6) is 0 Å². The molecule has 1 aliphatic carbocycles. The number of Topliss-reactive ketones (excluding diaryl/α,β-unsaturated/α-hetero) is 1. The van der Waals surface area contributed by atoms with Crippen LogP contribution in [-0.4, -0.2) is 19.9 Å². The molecule has 1 N–H and O–H groups in total.